The van der Waals surface area contributed by atoms with Crippen molar-refractivity contribution in [2.24, 2.45) is 0 Å². The Morgan fingerprint density at radius 2 is 2.04 bits per heavy atom. The minimum atomic E-state index is 0.343. The summed E-state index contributed by atoms with van der Waals surface area (Å²) in [6.07, 6.45) is 4.22. The number of thiazole rings is 1. The molecule has 6 heteroatoms. The van der Waals surface area contributed by atoms with Crippen molar-refractivity contribution in [3.8, 4) is 0 Å². The van der Waals surface area contributed by atoms with Crippen molar-refractivity contribution in [2.75, 3.05) is 11.9 Å². The van der Waals surface area contributed by atoms with Crippen LogP contribution in [0.5, 0.6) is 0 Å². The Balaban J connectivity index is 1.55. The van der Waals surface area contributed by atoms with E-state index in [-0.39, 0.29) is 0 Å². The van der Waals surface area contributed by atoms with Crippen LogP contribution in [-0.4, -0.2) is 26.4 Å². The normalized spacial score (nSPS) is 17.5. The summed E-state index contributed by atoms with van der Waals surface area (Å²) in [5.41, 5.74) is 2.45. The van der Waals surface area contributed by atoms with Gasteiger partial charge in [0.05, 0.1) is 11.7 Å². The molecule has 1 N–H and O–H groups in total. The minimum Gasteiger partial charge on any atom is -0.316 e. The van der Waals surface area contributed by atoms with Crippen molar-refractivity contribution in [1.29, 1.82) is 0 Å². The van der Waals surface area contributed by atoms with Crippen LogP contribution in [0.2, 0.25) is 0 Å². The highest BCUT2D eigenvalue weighted by Crippen LogP contribution is 2.33. The lowest BCUT2D eigenvalue weighted by atomic mass is 10.1. The van der Waals surface area contributed by atoms with Crippen molar-refractivity contribution in [2.45, 2.75) is 39.3 Å². The van der Waals surface area contributed by atoms with Gasteiger partial charge >= 0.3 is 0 Å². The van der Waals surface area contributed by atoms with E-state index >= 15 is 0 Å². The van der Waals surface area contributed by atoms with Crippen LogP contribution < -0.4 is 5.32 Å². The molecule has 1 aliphatic rings. The molecule has 3 heterocycles. The number of hydrogen-bond donors (Lipinski definition) is 1. The van der Waals surface area contributed by atoms with E-state index in [1.54, 1.807) is 11.3 Å². The van der Waals surface area contributed by atoms with Gasteiger partial charge in [-0.05, 0) is 38.8 Å². The Hall–Kier alpha value is -2.31. The second-order valence-electron chi connectivity index (χ2n) is 6.74. The third-order valence-electron chi connectivity index (χ3n) is 4.65. The van der Waals surface area contributed by atoms with E-state index in [2.05, 4.69) is 63.5 Å². The van der Waals surface area contributed by atoms with Gasteiger partial charge in [-0.2, -0.15) is 0 Å². The zero-order valence-corrected chi connectivity index (χ0v) is 16.0. The van der Waals surface area contributed by atoms with Crippen molar-refractivity contribution < 1.29 is 0 Å². The summed E-state index contributed by atoms with van der Waals surface area (Å²) in [7, 11) is 0. The molecule has 0 unspecified atom stereocenters. The summed E-state index contributed by atoms with van der Waals surface area (Å²) in [5, 5.41) is 4.21. The highest BCUT2D eigenvalue weighted by Gasteiger charge is 2.27. The molecule has 0 aliphatic carbocycles. The fourth-order valence-electron chi connectivity index (χ4n) is 3.52. The Bertz CT molecular complexity index is 877. The quantitative estimate of drug-likeness (QED) is 0.714. The number of nitrogens with zero attached hydrogens (tertiary/aromatic N) is 4. The smallest absolute Gasteiger partial charge is 0.188 e. The van der Waals surface area contributed by atoms with Gasteiger partial charge in [-0.15, -0.1) is 11.3 Å². The third kappa shape index (κ3) is 3.92. The molecule has 0 bridgehead atoms. The summed E-state index contributed by atoms with van der Waals surface area (Å²) in [4.78, 5) is 17.4. The predicted octanol–water partition coefficient (Wildman–Crippen LogP) is 4.63. The molecule has 26 heavy (non-hydrogen) atoms. The molecular formula is C20H23N5S. The molecule has 0 radical (unpaired) electrons. The number of hydrogen-bond acceptors (Lipinski definition) is 6. The number of benzene rings is 1. The van der Waals surface area contributed by atoms with Crippen LogP contribution in [0.1, 0.15) is 40.8 Å². The van der Waals surface area contributed by atoms with E-state index in [0.717, 1.165) is 42.0 Å². The highest BCUT2D eigenvalue weighted by molar-refractivity contribution is 7.15. The monoisotopic (exact) mass is 365 g/mol. The molecule has 4 rings (SSSR count). The first kappa shape index (κ1) is 17.1. The average Bonchev–Trinajstić information content (AvgIpc) is 3.24. The molecule has 1 fully saturated rings. The molecule has 2 aromatic heterocycles. The Morgan fingerprint density at radius 3 is 2.81 bits per heavy atom. The first-order valence-electron chi connectivity index (χ1n) is 9.00. The van der Waals surface area contributed by atoms with Crippen molar-refractivity contribution >= 4 is 22.3 Å². The zero-order chi connectivity index (χ0) is 17.9. The van der Waals surface area contributed by atoms with Gasteiger partial charge in [0, 0.05) is 23.7 Å². The van der Waals surface area contributed by atoms with Gasteiger partial charge in [0.2, 0.25) is 0 Å². The first-order valence-corrected chi connectivity index (χ1v) is 9.82. The predicted molar refractivity (Wildman–Crippen MR) is 106 cm³/mol. The van der Waals surface area contributed by atoms with Crippen LogP contribution in [0.3, 0.4) is 0 Å². The van der Waals surface area contributed by atoms with Crippen LogP contribution in [0.4, 0.5) is 10.9 Å². The Morgan fingerprint density at radius 1 is 1.19 bits per heavy atom. The topological polar surface area (TPSA) is 53.9 Å². The van der Waals surface area contributed by atoms with E-state index in [4.69, 9.17) is 4.98 Å². The van der Waals surface area contributed by atoms with E-state index in [9.17, 15) is 0 Å². The molecule has 5 nitrogen and oxygen atoms in total. The lowest BCUT2D eigenvalue weighted by molar-refractivity contribution is 0.244. The largest absolute Gasteiger partial charge is 0.316 e. The maximum absolute atomic E-state index is 4.74. The van der Waals surface area contributed by atoms with Gasteiger partial charge in [-0.3, -0.25) is 4.90 Å². The van der Waals surface area contributed by atoms with E-state index < -0.39 is 0 Å². The van der Waals surface area contributed by atoms with Gasteiger partial charge in [-0.1, -0.05) is 30.3 Å². The molecule has 0 saturated carbocycles. The third-order valence-corrected chi connectivity index (χ3v) is 5.48. The zero-order valence-electron chi connectivity index (χ0n) is 15.1. The van der Waals surface area contributed by atoms with Crippen LogP contribution in [-0.2, 0) is 6.54 Å². The molecule has 0 amide bonds. The van der Waals surface area contributed by atoms with E-state index in [0.29, 0.717) is 6.04 Å². The van der Waals surface area contributed by atoms with Gasteiger partial charge < -0.3 is 5.32 Å². The summed E-state index contributed by atoms with van der Waals surface area (Å²) in [6.45, 7) is 6.08. The van der Waals surface area contributed by atoms with Crippen LogP contribution in [0.15, 0.2) is 42.6 Å². The molecule has 1 aliphatic heterocycles. The van der Waals surface area contributed by atoms with Crippen molar-refractivity contribution in [1.82, 2.24) is 19.9 Å². The van der Waals surface area contributed by atoms with Crippen molar-refractivity contribution in [3.05, 3.63) is 64.6 Å². The number of anilines is 2. The molecule has 134 valence electrons. The number of likely N-dealkylation sites (tertiary alicyclic amines) is 1. The minimum absolute atomic E-state index is 0.343. The number of aromatic nitrogens is 3. The second-order valence-corrected chi connectivity index (χ2v) is 7.98. The Labute approximate surface area is 158 Å². The fourth-order valence-corrected chi connectivity index (χ4v) is 4.19. The SMILES string of the molecule is Cc1nc(Nc2ncc(C)s2)cc([C@H]2CCCN2Cc2ccccc2)n1. The van der Waals surface area contributed by atoms with Gasteiger partial charge in [0.15, 0.2) is 5.13 Å². The number of aryl methyl sites for hydroxylation is 2. The van der Waals surface area contributed by atoms with Crippen LogP contribution in [0, 0.1) is 13.8 Å². The second kappa shape index (κ2) is 7.51. The number of nitrogens with one attached hydrogen (secondary N) is 1. The summed E-state index contributed by atoms with van der Waals surface area (Å²) in [5.74, 6) is 1.62. The number of rotatable bonds is 5. The Kier molecular flexibility index (Phi) is 4.95. The van der Waals surface area contributed by atoms with Crippen LogP contribution in [0.25, 0.3) is 0 Å². The van der Waals surface area contributed by atoms with Gasteiger partial charge in [0.1, 0.15) is 11.6 Å². The highest BCUT2D eigenvalue weighted by atomic mass is 32.1. The van der Waals surface area contributed by atoms with Crippen LogP contribution >= 0.6 is 11.3 Å². The van der Waals surface area contributed by atoms with Crippen molar-refractivity contribution in [3.63, 3.8) is 0 Å². The lowest BCUT2D eigenvalue weighted by Gasteiger charge is -2.24. The molecule has 1 aromatic carbocycles. The average molecular weight is 366 g/mol. The molecule has 1 saturated heterocycles. The molecule has 3 aromatic rings. The molecular weight excluding hydrogens is 342 g/mol. The molecule has 1 atom stereocenters. The summed E-state index contributed by atoms with van der Waals surface area (Å²) >= 11 is 1.64. The van der Waals surface area contributed by atoms with Gasteiger partial charge in [-0.25, -0.2) is 15.0 Å². The van der Waals surface area contributed by atoms with E-state index in [1.165, 1.54) is 16.9 Å². The van der Waals surface area contributed by atoms with E-state index in [1.807, 2.05) is 13.1 Å². The molecule has 0 spiro atoms. The fraction of sp³-hybridized carbons (Fsp3) is 0.350. The summed E-state index contributed by atoms with van der Waals surface area (Å²) < 4.78 is 0. The summed E-state index contributed by atoms with van der Waals surface area (Å²) in [6, 6.07) is 13.1. The lowest BCUT2D eigenvalue weighted by Crippen LogP contribution is -2.24. The first-order chi connectivity index (χ1) is 12.7. The maximum atomic E-state index is 4.74. The maximum Gasteiger partial charge on any atom is 0.188 e. The standard InChI is InChI=1S/C20H23N5S/c1-14-12-21-20(26-14)24-19-11-17(22-15(2)23-19)18-9-6-10-25(18)13-16-7-4-3-5-8-16/h3-5,7-8,11-12,18H,6,9-10,13H2,1-2H3,(H,21,22,23,24)/t18-/m1/s1. The van der Waals surface area contributed by atoms with Gasteiger partial charge in [0.25, 0.3) is 0 Å².